The normalized spacial score (nSPS) is 49.9. The molecule has 3 saturated carbocycles. The minimum absolute atomic E-state index is 0.0178. The maximum Gasteiger partial charge on any atom is 0.335 e. The molecule has 2 aliphatic heterocycles. The molecule has 4 aliphatic carbocycles. The minimum atomic E-state index is -0.832. The SMILES string of the molecule is CCOC1OC2C(O[C@@H]3C=C4CC[C@@H]5[C@H](CC[C@]6(C)[C@@H](c7ccc(=O)oc7)CC[C@]56O)[C@@]4(C)CC3)OC(C)C(O)C2O1. The molecule has 0 radical (unpaired) electrons. The Labute approximate surface area is 247 Å². The van der Waals surface area contributed by atoms with Crippen molar-refractivity contribution < 1.29 is 38.3 Å². The third-order valence-electron chi connectivity index (χ3n) is 12.3. The van der Waals surface area contributed by atoms with Gasteiger partial charge in [0.05, 0.1) is 24.1 Å². The van der Waals surface area contributed by atoms with Crippen LogP contribution in [0.15, 0.2) is 39.3 Å². The Morgan fingerprint density at radius 1 is 1.00 bits per heavy atom. The van der Waals surface area contributed by atoms with Crippen LogP contribution in [0.25, 0.3) is 0 Å². The van der Waals surface area contributed by atoms with Crippen LogP contribution in [0.3, 0.4) is 0 Å². The van der Waals surface area contributed by atoms with E-state index >= 15 is 0 Å². The fourth-order valence-electron chi connectivity index (χ4n) is 9.95. The average Bonchev–Trinajstić information content (AvgIpc) is 3.51. The van der Waals surface area contributed by atoms with Crippen molar-refractivity contribution in [1.82, 2.24) is 0 Å². The summed E-state index contributed by atoms with van der Waals surface area (Å²) in [6.45, 7) is 7.98. The molecular weight excluding hydrogens is 540 g/mol. The first kappa shape index (κ1) is 29.1. The maximum atomic E-state index is 12.5. The van der Waals surface area contributed by atoms with Crippen molar-refractivity contribution in [3.05, 3.63) is 46.0 Å². The molecule has 0 spiro atoms. The molecule has 7 rings (SSSR count). The van der Waals surface area contributed by atoms with E-state index in [2.05, 4.69) is 19.9 Å². The largest absolute Gasteiger partial charge is 0.431 e. The van der Waals surface area contributed by atoms with Gasteiger partial charge in [0.25, 0.3) is 6.48 Å². The third-order valence-corrected chi connectivity index (χ3v) is 12.3. The van der Waals surface area contributed by atoms with Crippen LogP contribution >= 0.6 is 0 Å². The van der Waals surface area contributed by atoms with Crippen molar-refractivity contribution in [2.45, 2.75) is 134 Å². The summed E-state index contributed by atoms with van der Waals surface area (Å²) in [4.78, 5) is 11.6. The molecule has 2 N–H and O–H groups in total. The van der Waals surface area contributed by atoms with Crippen LogP contribution in [0.4, 0.5) is 0 Å². The van der Waals surface area contributed by atoms with Crippen LogP contribution in [0, 0.1) is 22.7 Å². The van der Waals surface area contributed by atoms with Crippen molar-refractivity contribution in [2.24, 2.45) is 22.7 Å². The molecule has 2 saturated heterocycles. The summed E-state index contributed by atoms with van der Waals surface area (Å²) < 4.78 is 35.2. The van der Waals surface area contributed by atoms with E-state index in [1.54, 1.807) is 6.26 Å². The monoisotopic (exact) mass is 586 g/mol. The molecule has 232 valence electrons. The standard InChI is InChI=1S/C33H46O9/c1-5-37-30-41-27-26(35)18(2)39-29(28(27)42-30)40-21-10-13-31(3)20(16-21)7-8-24-23(31)11-14-32(4)22(12-15-33(24,32)36)19-6-9-25(34)38-17-19/h6,9,16-18,21-24,26-30,35-36H,5,7-8,10-15H2,1-4H3/t18?,21-,22+,23-,24+,26?,27?,28?,29?,30?,31-,32+,33-/m0/s1. The predicted molar refractivity (Wildman–Crippen MR) is 151 cm³/mol. The number of hydrogen-bond donors (Lipinski definition) is 2. The number of rotatable bonds is 5. The number of aliphatic hydroxyl groups excluding tert-OH is 1. The summed E-state index contributed by atoms with van der Waals surface area (Å²) in [5.74, 6) is 0.833. The number of aliphatic hydroxyl groups is 2. The highest BCUT2D eigenvalue weighted by Gasteiger charge is 2.66. The Morgan fingerprint density at radius 3 is 2.57 bits per heavy atom. The first-order valence-electron chi connectivity index (χ1n) is 16.0. The molecule has 42 heavy (non-hydrogen) atoms. The molecule has 6 unspecified atom stereocenters. The number of fused-ring (bicyclic) bond motifs is 6. The number of allylic oxidation sites excluding steroid dienone is 1. The molecule has 1 aromatic rings. The van der Waals surface area contributed by atoms with Gasteiger partial charge in [0.2, 0.25) is 0 Å². The van der Waals surface area contributed by atoms with Gasteiger partial charge in [-0.25, -0.2) is 4.79 Å². The lowest BCUT2D eigenvalue weighted by molar-refractivity contribution is -0.285. The maximum absolute atomic E-state index is 12.5. The summed E-state index contributed by atoms with van der Waals surface area (Å²) in [7, 11) is 0. The zero-order valence-corrected chi connectivity index (χ0v) is 25.2. The molecule has 9 nitrogen and oxygen atoms in total. The highest BCUT2D eigenvalue weighted by molar-refractivity contribution is 5.31. The molecule has 0 aromatic carbocycles. The van der Waals surface area contributed by atoms with Gasteiger partial charge in [-0.05, 0) is 100 Å². The second-order valence-corrected chi connectivity index (χ2v) is 14.1. The van der Waals surface area contributed by atoms with Crippen molar-refractivity contribution in [3.63, 3.8) is 0 Å². The van der Waals surface area contributed by atoms with Gasteiger partial charge < -0.3 is 38.3 Å². The lowest BCUT2D eigenvalue weighted by atomic mass is 9.45. The van der Waals surface area contributed by atoms with Crippen LogP contribution in [-0.4, -0.2) is 65.7 Å². The molecule has 3 heterocycles. The van der Waals surface area contributed by atoms with Gasteiger partial charge in [-0.2, -0.15) is 0 Å². The van der Waals surface area contributed by atoms with E-state index in [1.807, 2.05) is 19.9 Å². The van der Waals surface area contributed by atoms with Gasteiger partial charge in [0.1, 0.15) is 18.3 Å². The molecule has 1 aromatic heterocycles. The molecule has 0 bridgehead atoms. The fraction of sp³-hybridized carbons (Fsp3) is 0.788. The summed E-state index contributed by atoms with van der Waals surface area (Å²) in [5.41, 5.74) is 1.17. The fourth-order valence-corrected chi connectivity index (χ4v) is 9.95. The van der Waals surface area contributed by atoms with Crippen LogP contribution in [-0.2, 0) is 23.7 Å². The van der Waals surface area contributed by atoms with Gasteiger partial charge in [0.15, 0.2) is 6.29 Å². The second kappa shape index (κ2) is 10.5. The smallest absolute Gasteiger partial charge is 0.335 e. The molecular formula is C33H46O9. The second-order valence-electron chi connectivity index (χ2n) is 14.1. The van der Waals surface area contributed by atoms with E-state index in [0.29, 0.717) is 12.5 Å². The Bertz CT molecular complexity index is 1240. The van der Waals surface area contributed by atoms with Crippen molar-refractivity contribution in [2.75, 3.05) is 6.61 Å². The Kier molecular flexibility index (Phi) is 7.29. The molecule has 5 fully saturated rings. The highest BCUT2D eigenvalue weighted by atomic mass is 16.9. The van der Waals surface area contributed by atoms with Crippen molar-refractivity contribution in [3.8, 4) is 0 Å². The molecule has 13 atom stereocenters. The summed E-state index contributed by atoms with van der Waals surface area (Å²) in [6, 6.07) is 3.40. The van der Waals surface area contributed by atoms with Crippen LogP contribution in [0.2, 0.25) is 0 Å². The van der Waals surface area contributed by atoms with Gasteiger partial charge in [0, 0.05) is 18.1 Å². The van der Waals surface area contributed by atoms with Gasteiger partial charge in [-0.1, -0.05) is 25.5 Å². The van der Waals surface area contributed by atoms with Gasteiger partial charge >= 0.3 is 5.63 Å². The highest BCUT2D eigenvalue weighted by Crippen LogP contribution is 2.70. The molecule has 9 heteroatoms. The first-order chi connectivity index (χ1) is 20.1. The average molecular weight is 587 g/mol. The minimum Gasteiger partial charge on any atom is -0.431 e. The quantitative estimate of drug-likeness (QED) is 0.485. The van der Waals surface area contributed by atoms with E-state index in [-0.39, 0.29) is 34.4 Å². The molecule has 0 amide bonds. The van der Waals surface area contributed by atoms with Crippen LogP contribution < -0.4 is 5.63 Å². The topological polar surface area (TPSA) is 117 Å². The lowest BCUT2D eigenvalue weighted by Crippen LogP contribution is -2.60. The predicted octanol–water partition coefficient (Wildman–Crippen LogP) is 4.40. The van der Waals surface area contributed by atoms with Gasteiger partial charge in [-0.15, -0.1) is 0 Å². The Morgan fingerprint density at radius 2 is 1.81 bits per heavy atom. The van der Waals surface area contributed by atoms with E-state index in [9.17, 15) is 15.0 Å². The van der Waals surface area contributed by atoms with Gasteiger partial charge in [-0.3, -0.25) is 0 Å². The van der Waals surface area contributed by atoms with E-state index < -0.39 is 42.8 Å². The zero-order chi connectivity index (χ0) is 29.4. The summed E-state index contributed by atoms with van der Waals surface area (Å²) in [6.07, 6.45) is 8.23. The van der Waals surface area contributed by atoms with Crippen LogP contribution in [0.1, 0.15) is 90.5 Å². The van der Waals surface area contributed by atoms with Crippen LogP contribution in [0.5, 0.6) is 0 Å². The van der Waals surface area contributed by atoms with E-state index in [1.165, 1.54) is 11.6 Å². The lowest BCUT2D eigenvalue weighted by Gasteiger charge is -2.62. The summed E-state index contributed by atoms with van der Waals surface area (Å²) >= 11 is 0. The zero-order valence-electron chi connectivity index (χ0n) is 25.2. The molecule has 6 aliphatic rings. The van der Waals surface area contributed by atoms with Crippen molar-refractivity contribution >= 4 is 0 Å². The Hall–Kier alpha value is -1.59. The third kappa shape index (κ3) is 4.33. The number of ether oxygens (including phenoxy) is 5. The van der Waals surface area contributed by atoms with Crippen molar-refractivity contribution in [1.29, 1.82) is 0 Å². The first-order valence-corrected chi connectivity index (χ1v) is 16.0. The summed E-state index contributed by atoms with van der Waals surface area (Å²) in [5, 5.41) is 23.2. The number of hydrogen-bond acceptors (Lipinski definition) is 9. The van der Waals surface area contributed by atoms with E-state index in [0.717, 1.165) is 56.9 Å². The van der Waals surface area contributed by atoms with E-state index in [4.69, 9.17) is 28.1 Å². The Balaban J connectivity index is 1.08.